The molecule has 2 aliphatic heterocycles. The standard InChI is InChI=1S/C54H102O13/c1-5-9-13-17-21-25-29-33-41(34-30-26-22-18-14-10-6-2)37-45(55)63-39-43-47(57)49(59)51(61)53(65-43)67-54-52(62)50(60)48(58)44(66-54)40-64-46(56)38-42(35-31-27-23-19-15-11-7-3)36-32-28-24-20-16-12-8-4/h41-44,47-54,57-62H,5-40H2,1-4H3/t43-,44-,47+,48+,49+,50+,51-,52-,53-,54-/m1/s1. The van der Waals surface area contributed by atoms with E-state index in [0.717, 1.165) is 77.0 Å². The minimum Gasteiger partial charge on any atom is -0.463 e. The van der Waals surface area contributed by atoms with Gasteiger partial charge in [-0.3, -0.25) is 9.59 Å². The van der Waals surface area contributed by atoms with Crippen LogP contribution < -0.4 is 0 Å². The lowest BCUT2D eigenvalue weighted by atomic mass is 9.91. The fraction of sp³-hybridized carbons (Fsp3) is 0.963. The molecule has 0 unspecified atom stereocenters. The molecule has 0 aromatic rings. The van der Waals surface area contributed by atoms with Crippen LogP contribution in [0.1, 0.15) is 246 Å². The van der Waals surface area contributed by atoms with Crippen molar-refractivity contribution in [2.75, 3.05) is 13.2 Å². The van der Waals surface area contributed by atoms with E-state index in [-0.39, 0.29) is 24.7 Å². The fourth-order valence-corrected chi connectivity index (χ4v) is 9.66. The van der Waals surface area contributed by atoms with Gasteiger partial charge in [-0.05, 0) is 37.5 Å². The van der Waals surface area contributed by atoms with Gasteiger partial charge in [0.25, 0.3) is 0 Å². The van der Waals surface area contributed by atoms with Gasteiger partial charge in [-0.15, -0.1) is 0 Å². The highest BCUT2D eigenvalue weighted by Crippen LogP contribution is 2.30. The average molecular weight is 959 g/mol. The van der Waals surface area contributed by atoms with Crippen LogP contribution in [-0.2, 0) is 33.3 Å². The molecule has 0 saturated carbocycles. The number of aliphatic hydroxyl groups excluding tert-OH is 6. The van der Waals surface area contributed by atoms with Gasteiger partial charge in [0.05, 0.1) is 0 Å². The molecular formula is C54H102O13. The second kappa shape index (κ2) is 39.2. The predicted octanol–water partition coefficient (Wildman–Crippen LogP) is 10.3. The molecule has 6 N–H and O–H groups in total. The lowest BCUT2D eigenvalue weighted by Crippen LogP contribution is -2.64. The summed E-state index contributed by atoms with van der Waals surface area (Å²) in [5.74, 6) is -0.534. The molecular weight excluding hydrogens is 857 g/mol. The third-order valence-electron chi connectivity index (χ3n) is 14.2. The van der Waals surface area contributed by atoms with Crippen molar-refractivity contribution in [2.45, 2.75) is 307 Å². The first kappa shape index (κ1) is 61.7. The molecule has 2 saturated heterocycles. The Morgan fingerprint density at radius 1 is 0.373 bits per heavy atom. The molecule has 67 heavy (non-hydrogen) atoms. The molecule has 13 nitrogen and oxygen atoms in total. The summed E-state index contributed by atoms with van der Waals surface area (Å²) >= 11 is 0. The van der Waals surface area contributed by atoms with Gasteiger partial charge >= 0.3 is 11.9 Å². The summed E-state index contributed by atoms with van der Waals surface area (Å²) < 4.78 is 28.6. The number of ether oxygens (including phenoxy) is 5. The maximum absolute atomic E-state index is 13.2. The van der Waals surface area contributed by atoms with E-state index in [1.165, 1.54) is 128 Å². The lowest BCUT2D eigenvalue weighted by Gasteiger charge is -2.44. The van der Waals surface area contributed by atoms with E-state index in [0.29, 0.717) is 0 Å². The lowest BCUT2D eigenvalue weighted by molar-refractivity contribution is -0.376. The van der Waals surface area contributed by atoms with Gasteiger partial charge in [0.15, 0.2) is 12.6 Å². The fourth-order valence-electron chi connectivity index (χ4n) is 9.66. The molecule has 0 spiro atoms. The molecule has 0 aliphatic carbocycles. The third kappa shape index (κ3) is 27.1. The number of hydrogen-bond donors (Lipinski definition) is 6. The Balaban J connectivity index is 1.96. The minimum atomic E-state index is -1.81. The first-order valence-electron chi connectivity index (χ1n) is 27.8. The van der Waals surface area contributed by atoms with Gasteiger partial charge in [0.2, 0.25) is 0 Å². The van der Waals surface area contributed by atoms with Crippen LogP contribution in [0.15, 0.2) is 0 Å². The SMILES string of the molecule is CCCCCCCCCC(CCCCCCCCC)CC(=O)OC[C@H]1O[C@H](O[C@H]2O[C@H](COC(=O)CC(CCCCCCCCC)CCCCCCCCC)[C@H](O)[C@H](O)[C@H]2O)[C@H](O)[C@@H](O)[C@H]1O. The topological polar surface area (TPSA) is 202 Å². The van der Waals surface area contributed by atoms with Crippen molar-refractivity contribution < 1.29 is 63.9 Å². The van der Waals surface area contributed by atoms with Crippen LogP contribution in [0.3, 0.4) is 0 Å². The first-order valence-corrected chi connectivity index (χ1v) is 27.8. The molecule has 10 atom stereocenters. The van der Waals surface area contributed by atoms with Crippen molar-refractivity contribution in [2.24, 2.45) is 11.8 Å². The molecule has 0 aromatic heterocycles. The van der Waals surface area contributed by atoms with E-state index >= 15 is 0 Å². The zero-order valence-corrected chi connectivity index (χ0v) is 42.9. The molecule has 0 bridgehead atoms. The van der Waals surface area contributed by atoms with E-state index in [4.69, 9.17) is 23.7 Å². The molecule has 2 fully saturated rings. The van der Waals surface area contributed by atoms with Gasteiger partial charge in [-0.1, -0.05) is 207 Å². The van der Waals surface area contributed by atoms with Crippen LogP contribution in [0.2, 0.25) is 0 Å². The van der Waals surface area contributed by atoms with E-state index in [9.17, 15) is 40.2 Å². The summed E-state index contributed by atoms with van der Waals surface area (Å²) in [5, 5.41) is 65.0. The molecule has 0 radical (unpaired) electrons. The van der Waals surface area contributed by atoms with Gasteiger partial charge < -0.3 is 54.3 Å². The largest absolute Gasteiger partial charge is 0.463 e. The number of esters is 2. The van der Waals surface area contributed by atoms with Gasteiger partial charge in [-0.25, -0.2) is 0 Å². The van der Waals surface area contributed by atoms with Crippen LogP contribution >= 0.6 is 0 Å². The van der Waals surface area contributed by atoms with E-state index < -0.39 is 86.6 Å². The Morgan fingerprint density at radius 3 is 0.896 bits per heavy atom. The zero-order chi connectivity index (χ0) is 49.1. The maximum atomic E-state index is 13.2. The summed E-state index contributed by atoms with van der Waals surface area (Å²) in [6.45, 7) is 8.01. The van der Waals surface area contributed by atoms with Crippen molar-refractivity contribution in [1.29, 1.82) is 0 Å². The molecule has 2 aliphatic rings. The number of rotatable bonds is 42. The summed E-state index contributed by atoms with van der Waals surface area (Å²) in [7, 11) is 0. The molecule has 0 aromatic carbocycles. The Morgan fingerprint density at radius 2 is 0.627 bits per heavy atom. The second-order valence-corrected chi connectivity index (χ2v) is 20.3. The monoisotopic (exact) mass is 959 g/mol. The van der Waals surface area contributed by atoms with Crippen molar-refractivity contribution >= 4 is 11.9 Å². The smallest absolute Gasteiger partial charge is 0.306 e. The van der Waals surface area contributed by atoms with Crippen LogP contribution in [0.25, 0.3) is 0 Å². The summed E-state index contributed by atoms with van der Waals surface area (Å²) in [4.78, 5) is 26.5. The Labute approximate surface area is 407 Å². The van der Waals surface area contributed by atoms with Crippen molar-refractivity contribution in [3.05, 3.63) is 0 Å². The number of hydrogen-bond acceptors (Lipinski definition) is 13. The second-order valence-electron chi connectivity index (χ2n) is 20.3. The maximum Gasteiger partial charge on any atom is 0.306 e. The van der Waals surface area contributed by atoms with Crippen LogP contribution in [0.5, 0.6) is 0 Å². The number of carbonyl (C=O) groups excluding carboxylic acids is 2. The quantitative estimate of drug-likeness (QED) is 0.0250. The molecule has 13 heteroatoms. The van der Waals surface area contributed by atoms with E-state index in [1.54, 1.807) is 0 Å². The summed E-state index contributed by atoms with van der Waals surface area (Å²) in [5.41, 5.74) is 0. The van der Waals surface area contributed by atoms with E-state index in [1.807, 2.05) is 0 Å². The summed E-state index contributed by atoms with van der Waals surface area (Å²) in [6.07, 6.45) is 21.2. The normalized spacial score (nSPS) is 25.6. The van der Waals surface area contributed by atoms with Crippen molar-refractivity contribution in [1.82, 2.24) is 0 Å². The molecule has 0 amide bonds. The van der Waals surface area contributed by atoms with Crippen LogP contribution in [-0.4, -0.2) is 117 Å². The Hall–Kier alpha value is -1.42. The Kier molecular flexibility index (Phi) is 36.1. The number of unbranched alkanes of at least 4 members (excludes halogenated alkanes) is 24. The first-order chi connectivity index (χ1) is 32.5. The van der Waals surface area contributed by atoms with Gasteiger partial charge in [0, 0.05) is 12.8 Å². The summed E-state index contributed by atoms with van der Waals surface area (Å²) in [6, 6.07) is 0. The number of aliphatic hydroxyl groups is 6. The molecule has 2 rings (SSSR count). The zero-order valence-electron chi connectivity index (χ0n) is 42.9. The van der Waals surface area contributed by atoms with Crippen LogP contribution in [0.4, 0.5) is 0 Å². The highest BCUT2D eigenvalue weighted by Gasteiger charge is 2.50. The van der Waals surface area contributed by atoms with Crippen LogP contribution in [0, 0.1) is 11.8 Å². The third-order valence-corrected chi connectivity index (χ3v) is 14.2. The number of carbonyl (C=O) groups is 2. The van der Waals surface area contributed by atoms with Gasteiger partial charge in [-0.2, -0.15) is 0 Å². The van der Waals surface area contributed by atoms with Crippen molar-refractivity contribution in [3.63, 3.8) is 0 Å². The molecule has 396 valence electrons. The minimum absolute atomic E-state index is 0.171. The highest BCUT2D eigenvalue weighted by molar-refractivity contribution is 5.70. The Bertz CT molecular complexity index is 1070. The predicted molar refractivity (Wildman–Crippen MR) is 263 cm³/mol. The molecule has 2 heterocycles. The van der Waals surface area contributed by atoms with Crippen molar-refractivity contribution in [3.8, 4) is 0 Å². The van der Waals surface area contributed by atoms with Gasteiger partial charge in [0.1, 0.15) is 62.0 Å². The average Bonchev–Trinajstić information content (AvgIpc) is 3.31. The van der Waals surface area contributed by atoms with E-state index in [2.05, 4.69) is 27.7 Å². The highest BCUT2D eigenvalue weighted by atomic mass is 16.8.